The number of rotatable bonds is 5. The summed E-state index contributed by atoms with van der Waals surface area (Å²) in [5, 5.41) is 2.93. The van der Waals surface area contributed by atoms with Gasteiger partial charge in [0, 0.05) is 9.75 Å². The van der Waals surface area contributed by atoms with Crippen molar-refractivity contribution in [3.05, 3.63) is 21.4 Å². The van der Waals surface area contributed by atoms with Crippen LogP contribution in [-0.2, 0) is 11.3 Å². The van der Waals surface area contributed by atoms with Crippen molar-refractivity contribution in [1.29, 1.82) is 0 Å². The highest BCUT2D eigenvalue weighted by Gasteiger charge is 2.29. The van der Waals surface area contributed by atoms with Crippen LogP contribution in [-0.4, -0.2) is 11.4 Å². The average molecular weight is 254 g/mol. The Morgan fingerprint density at radius 3 is 2.41 bits per heavy atom. The van der Waals surface area contributed by atoms with E-state index in [0.29, 0.717) is 19.4 Å². The molecule has 1 rings (SSSR count). The standard InChI is InChI=1S/C13H22N2OS/c1-5-13(14,6-2)12(16)15-8-11-7-9(3)10(4)17-11/h7H,5-6,8,14H2,1-4H3,(H,15,16). The molecule has 0 aliphatic heterocycles. The third kappa shape index (κ3) is 3.30. The van der Waals surface area contributed by atoms with Crippen LogP contribution < -0.4 is 11.1 Å². The van der Waals surface area contributed by atoms with Gasteiger partial charge in [-0.3, -0.25) is 4.79 Å². The van der Waals surface area contributed by atoms with Gasteiger partial charge >= 0.3 is 0 Å². The van der Waals surface area contributed by atoms with Crippen molar-refractivity contribution in [2.24, 2.45) is 5.73 Å². The Morgan fingerprint density at radius 1 is 1.41 bits per heavy atom. The fourth-order valence-corrected chi connectivity index (χ4v) is 2.64. The summed E-state index contributed by atoms with van der Waals surface area (Å²) in [7, 11) is 0. The molecule has 0 bridgehead atoms. The van der Waals surface area contributed by atoms with Gasteiger partial charge in [-0.05, 0) is 38.3 Å². The van der Waals surface area contributed by atoms with Gasteiger partial charge in [-0.25, -0.2) is 0 Å². The maximum absolute atomic E-state index is 12.0. The van der Waals surface area contributed by atoms with Gasteiger partial charge in [0.15, 0.2) is 0 Å². The lowest BCUT2D eigenvalue weighted by atomic mass is 9.93. The third-order valence-corrected chi connectivity index (χ3v) is 4.51. The topological polar surface area (TPSA) is 55.1 Å². The number of amides is 1. The summed E-state index contributed by atoms with van der Waals surface area (Å²) in [5.74, 6) is -0.0498. The summed E-state index contributed by atoms with van der Waals surface area (Å²) in [6, 6.07) is 2.12. The molecule has 0 fully saturated rings. The summed E-state index contributed by atoms with van der Waals surface area (Å²) in [5.41, 5.74) is 6.59. The van der Waals surface area contributed by atoms with Crippen LogP contribution in [0.2, 0.25) is 0 Å². The molecule has 3 nitrogen and oxygen atoms in total. The lowest BCUT2D eigenvalue weighted by Gasteiger charge is -2.24. The zero-order chi connectivity index (χ0) is 13.1. The van der Waals surface area contributed by atoms with Crippen LogP contribution >= 0.6 is 11.3 Å². The molecule has 3 N–H and O–H groups in total. The Bertz CT molecular complexity index is 375. The van der Waals surface area contributed by atoms with E-state index in [2.05, 4.69) is 25.2 Å². The zero-order valence-corrected chi connectivity index (χ0v) is 11.9. The second-order valence-corrected chi connectivity index (χ2v) is 5.84. The fraction of sp³-hybridized carbons (Fsp3) is 0.615. The third-order valence-electron chi connectivity index (χ3n) is 3.35. The molecular weight excluding hydrogens is 232 g/mol. The first-order valence-electron chi connectivity index (χ1n) is 6.06. The van der Waals surface area contributed by atoms with Crippen molar-refractivity contribution in [3.8, 4) is 0 Å². The fourth-order valence-electron chi connectivity index (χ4n) is 1.65. The highest BCUT2D eigenvalue weighted by Crippen LogP contribution is 2.20. The minimum atomic E-state index is -0.721. The van der Waals surface area contributed by atoms with Gasteiger partial charge in [-0.15, -0.1) is 11.3 Å². The van der Waals surface area contributed by atoms with E-state index in [-0.39, 0.29) is 5.91 Å². The Kier molecular flexibility index (Phi) is 4.71. The molecule has 0 radical (unpaired) electrons. The minimum absolute atomic E-state index is 0.0498. The number of aryl methyl sites for hydroxylation is 2. The molecule has 1 heterocycles. The van der Waals surface area contributed by atoms with E-state index in [9.17, 15) is 4.79 Å². The molecule has 0 unspecified atom stereocenters. The normalized spacial score (nSPS) is 11.6. The number of hydrogen-bond donors (Lipinski definition) is 2. The maximum Gasteiger partial charge on any atom is 0.240 e. The molecule has 0 saturated carbocycles. The summed E-state index contributed by atoms with van der Waals surface area (Å²) in [6.45, 7) is 8.65. The quantitative estimate of drug-likeness (QED) is 0.848. The van der Waals surface area contributed by atoms with E-state index in [1.165, 1.54) is 15.3 Å². The Morgan fingerprint density at radius 2 is 2.00 bits per heavy atom. The molecule has 1 aromatic heterocycles. The monoisotopic (exact) mass is 254 g/mol. The van der Waals surface area contributed by atoms with Crippen molar-refractivity contribution in [3.63, 3.8) is 0 Å². The molecule has 0 spiro atoms. The number of carbonyl (C=O) groups is 1. The van der Waals surface area contributed by atoms with Crippen LogP contribution in [0, 0.1) is 13.8 Å². The van der Waals surface area contributed by atoms with E-state index >= 15 is 0 Å². The SMILES string of the molecule is CCC(N)(CC)C(=O)NCc1cc(C)c(C)s1. The van der Waals surface area contributed by atoms with Gasteiger partial charge in [-0.2, -0.15) is 0 Å². The predicted molar refractivity (Wildman–Crippen MR) is 73.1 cm³/mol. The lowest BCUT2D eigenvalue weighted by Crippen LogP contribution is -2.52. The van der Waals surface area contributed by atoms with Gasteiger partial charge in [0.1, 0.15) is 0 Å². The van der Waals surface area contributed by atoms with Gasteiger partial charge in [-0.1, -0.05) is 13.8 Å². The molecule has 0 aliphatic carbocycles. The molecule has 0 atom stereocenters. The molecule has 1 amide bonds. The van der Waals surface area contributed by atoms with E-state index < -0.39 is 5.54 Å². The van der Waals surface area contributed by atoms with Crippen molar-refractivity contribution in [1.82, 2.24) is 5.32 Å². The molecule has 96 valence electrons. The van der Waals surface area contributed by atoms with Gasteiger partial charge in [0.05, 0.1) is 12.1 Å². The van der Waals surface area contributed by atoms with Crippen LogP contribution in [0.1, 0.15) is 42.0 Å². The first-order valence-corrected chi connectivity index (χ1v) is 6.87. The molecule has 4 heteroatoms. The van der Waals surface area contributed by atoms with Crippen molar-refractivity contribution >= 4 is 17.2 Å². The van der Waals surface area contributed by atoms with Crippen LogP contribution in [0.3, 0.4) is 0 Å². The summed E-state index contributed by atoms with van der Waals surface area (Å²) >= 11 is 1.73. The number of carbonyl (C=O) groups excluding carboxylic acids is 1. The second kappa shape index (κ2) is 5.65. The molecular formula is C13H22N2OS. The van der Waals surface area contributed by atoms with E-state index in [1.807, 2.05) is 13.8 Å². The van der Waals surface area contributed by atoms with Crippen LogP contribution in [0.15, 0.2) is 6.07 Å². The van der Waals surface area contributed by atoms with Crippen LogP contribution in [0.4, 0.5) is 0 Å². The Labute approximate surface area is 107 Å². The lowest BCUT2D eigenvalue weighted by molar-refractivity contribution is -0.126. The molecule has 0 saturated heterocycles. The number of nitrogens with one attached hydrogen (secondary N) is 1. The predicted octanol–water partition coefficient (Wildman–Crippen LogP) is 2.50. The van der Waals surface area contributed by atoms with Crippen molar-refractivity contribution in [2.45, 2.75) is 52.6 Å². The summed E-state index contributed by atoms with van der Waals surface area (Å²) < 4.78 is 0. The first kappa shape index (κ1) is 14.2. The van der Waals surface area contributed by atoms with Gasteiger partial charge in [0.2, 0.25) is 5.91 Å². The zero-order valence-electron chi connectivity index (χ0n) is 11.1. The largest absolute Gasteiger partial charge is 0.350 e. The van der Waals surface area contributed by atoms with Crippen LogP contribution in [0.5, 0.6) is 0 Å². The number of hydrogen-bond acceptors (Lipinski definition) is 3. The average Bonchev–Trinajstić information content (AvgIpc) is 2.64. The molecule has 0 aliphatic rings. The highest BCUT2D eigenvalue weighted by atomic mass is 32.1. The molecule has 1 aromatic rings. The van der Waals surface area contributed by atoms with E-state index in [0.717, 1.165) is 0 Å². The smallest absolute Gasteiger partial charge is 0.240 e. The number of nitrogens with two attached hydrogens (primary N) is 1. The molecule has 0 aromatic carbocycles. The first-order chi connectivity index (χ1) is 7.92. The number of thiophene rings is 1. The molecule has 17 heavy (non-hydrogen) atoms. The Balaban J connectivity index is 2.59. The van der Waals surface area contributed by atoms with E-state index in [1.54, 1.807) is 11.3 Å². The second-order valence-electron chi connectivity index (χ2n) is 4.50. The minimum Gasteiger partial charge on any atom is -0.350 e. The maximum atomic E-state index is 12.0. The van der Waals surface area contributed by atoms with Crippen molar-refractivity contribution in [2.75, 3.05) is 0 Å². The van der Waals surface area contributed by atoms with Gasteiger partial charge in [0.25, 0.3) is 0 Å². The summed E-state index contributed by atoms with van der Waals surface area (Å²) in [4.78, 5) is 14.4. The van der Waals surface area contributed by atoms with Gasteiger partial charge < -0.3 is 11.1 Å². The Hall–Kier alpha value is -0.870. The van der Waals surface area contributed by atoms with Crippen LogP contribution in [0.25, 0.3) is 0 Å². The summed E-state index contributed by atoms with van der Waals surface area (Å²) in [6.07, 6.45) is 1.33. The van der Waals surface area contributed by atoms with Crippen molar-refractivity contribution < 1.29 is 4.79 Å². The highest BCUT2D eigenvalue weighted by molar-refractivity contribution is 7.12. The van der Waals surface area contributed by atoms with E-state index in [4.69, 9.17) is 5.73 Å².